The molecule has 1 amide bonds. The van der Waals surface area contributed by atoms with Crippen molar-refractivity contribution < 1.29 is 33.3 Å². The summed E-state index contributed by atoms with van der Waals surface area (Å²) < 4.78 is 15.7. The third-order valence-corrected chi connectivity index (χ3v) is 4.53. The van der Waals surface area contributed by atoms with Gasteiger partial charge in [0, 0.05) is 12.8 Å². The zero-order valence-corrected chi connectivity index (χ0v) is 14.0. The molecule has 1 aromatic rings. The molecule has 1 N–H and O–H groups in total. The number of carbonyl (C=O) groups excluding carboxylic acids is 3. The average molecular weight is 362 g/mol. The van der Waals surface area contributed by atoms with Crippen LogP contribution in [0, 0.1) is 5.21 Å². The molecular formula is C17H18N2O7. The molecule has 1 unspecified atom stereocenters. The van der Waals surface area contributed by atoms with Gasteiger partial charge in [-0.1, -0.05) is 18.2 Å². The summed E-state index contributed by atoms with van der Waals surface area (Å²) in [4.78, 5) is 36.5. The maximum Gasteiger partial charge on any atom is 0.407 e. The summed E-state index contributed by atoms with van der Waals surface area (Å²) in [6, 6.07) is 7.28. The van der Waals surface area contributed by atoms with Gasteiger partial charge in [-0.05, 0) is 12.1 Å². The van der Waals surface area contributed by atoms with E-state index in [-0.39, 0.29) is 18.6 Å². The Morgan fingerprint density at radius 3 is 2.65 bits per heavy atom. The lowest BCUT2D eigenvalue weighted by atomic mass is 9.85. The quantitative estimate of drug-likeness (QED) is 0.353. The number of hydroxylamine groups is 1. The minimum Gasteiger partial charge on any atom is -0.623 e. The standard InChI is InChI=1S/C17H18N2O7/c1-24-15(21)17(8-5-9-19(17)23)13(12-10-25-16(22)18-12)26-14(20)11-6-3-2-4-7-11/h2-4,6-7,9,12-13H,5,8,10H2,1H3,(H,18,22)/t12?,13-,17+/m0/s1. The molecule has 138 valence electrons. The third-order valence-electron chi connectivity index (χ3n) is 4.53. The molecule has 2 aliphatic rings. The fourth-order valence-corrected chi connectivity index (χ4v) is 3.26. The highest BCUT2D eigenvalue weighted by Gasteiger charge is 2.63. The molecule has 1 fully saturated rings. The molecule has 9 heteroatoms. The van der Waals surface area contributed by atoms with Crippen molar-refractivity contribution in [3.8, 4) is 0 Å². The van der Waals surface area contributed by atoms with Crippen LogP contribution in [0.3, 0.4) is 0 Å². The van der Waals surface area contributed by atoms with Crippen LogP contribution in [0.15, 0.2) is 30.3 Å². The zero-order chi connectivity index (χ0) is 18.7. The van der Waals surface area contributed by atoms with E-state index in [1.54, 1.807) is 30.3 Å². The number of esters is 2. The number of carbonyl (C=O) groups is 3. The number of nitrogens with zero attached hydrogens (tertiary/aromatic N) is 1. The van der Waals surface area contributed by atoms with Crippen LogP contribution in [-0.2, 0) is 19.0 Å². The van der Waals surface area contributed by atoms with Crippen LogP contribution in [0.25, 0.3) is 0 Å². The summed E-state index contributed by atoms with van der Waals surface area (Å²) >= 11 is 0. The van der Waals surface area contributed by atoms with Gasteiger partial charge in [-0.3, -0.25) is 0 Å². The van der Waals surface area contributed by atoms with E-state index in [0.717, 1.165) is 7.11 Å². The van der Waals surface area contributed by atoms with Gasteiger partial charge in [-0.25, -0.2) is 14.4 Å². The Hall–Kier alpha value is -3.10. The maximum atomic E-state index is 12.6. The molecule has 0 saturated carbocycles. The second kappa shape index (κ2) is 7.03. The van der Waals surface area contributed by atoms with E-state index in [0.29, 0.717) is 11.2 Å². The normalized spacial score (nSPS) is 25.7. The van der Waals surface area contributed by atoms with Crippen molar-refractivity contribution in [3.63, 3.8) is 0 Å². The fourth-order valence-electron chi connectivity index (χ4n) is 3.26. The topological polar surface area (TPSA) is 117 Å². The predicted molar refractivity (Wildman–Crippen MR) is 87.6 cm³/mol. The summed E-state index contributed by atoms with van der Waals surface area (Å²) in [5, 5.41) is 15.0. The molecule has 2 heterocycles. The molecule has 26 heavy (non-hydrogen) atoms. The number of methoxy groups -OCH3 is 1. The van der Waals surface area contributed by atoms with E-state index < -0.39 is 35.7 Å². The first kappa shape index (κ1) is 17.7. The van der Waals surface area contributed by atoms with Gasteiger partial charge < -0.3 is 24.7 Å². The number of cyclic esters (lactones) is 1. The lowest BCUT2D eigenvalue weighted by molar-refractivity contribution is -0.537. The molecule has 0 radical (unpaired) electrons. The molecule has 0 bridgehead atoms. The Balaban J connectivity index is 1.97. The van der Waals surface area contributed by atoms with E-state index in [9.17, 15) is 19.6 Å². The molecule has 1 aromatic carbocycles. The van der Waals surface area contributed by atoms with E-state index in [1.807, 2.05) is 0 Å². The first-order valence-electron chi connectivity index (χ1n) is 8.06. The first-order chi connectivity index (χ1) is 12.5. The van der Waals surface area contributed by atoms with Crippen LogP contribution in [0.1, 0.15) is 23.2 Å². The molecule has 0 aliphatic carbocycles. The maximum absolute atomic E-state index is 12.6. The van der Waals surface area contributed by atoms with Crippen LogP contribution in [0.5, 0.6) is 0 Å². The van der Waals surface area contributed by atoms with Crippen molar-refractivity contribution in [1.82, 2.24) is 5.32 Å². The largest absolute Gasteiger partial charge is 0.623 e. The van der Waals surface area contributed by atoms with Crippen molar-refractivity contribution in [3.05, 3.63) is 41.1 Å². The van der Waals surface area contributed by atoms with Crippen LogP contribution in [0.4, 0.5) is 4.79 Å². The van der Waals surface area contributed by atoms with Gasteiger partial charge in [0.2, 0.25) is 6.10 Å². The number of ether oxygens (including phenoxy) is 3. The molecule has 2 aliphatic heterocycles. The van der Waals surface area contributed by atoms with Gasteiger partial charge in [-0.2, -0.15) is 4.74 Å². The number of hydrogen-bond acceptors (Lipinski definition) is 7. The Morgan fingerprint density at radius 1 is 1.38 bits per heavy atom. The van der Waals surface area contributed by atoms with E-state index >= 15 is 0 Å². The number of amides is 1. The van der Waals surface area contributed by atoms with Crippen LogP contribution in [-0.4, -0.2) is 60.4 Å². The van der Waals surface area contributed by atoms with Gasteiger partial charge in [0.05, 0.1) is 12.7 Å². The predicted octanol–water partition coefficient (Wildman–Crippen LogP) is 0.607. The average Bonchev–Trinajstić information content (AvgIpc) is 3.26. The highest BCUT2D eigenvalue weighted by molar-refractivity contribution is 5.90. The molecule has 0 aromatic heterocycles. The van der Waals surface area contributed by atoms with E-state index in [4.69, 9.17) is 14.2 Å². The van der Waals surface area contributed by atoms with Crippen molar-refractivity contribution in [2.45, 2.75) is 30.5 Å². The second-order valence-electron chi connectivity index (χ2n) is 6.00. The highest BCUT2D eigenvalue weighted by Crippen LogP contribution is 2.33. The van der Waals surface area contributed by atoms with Crippen molar-refractivity contribution in [2.75, 3.05) is 13.7 Å². The summed E-state index contributed by atoms with van der Waals surface area (Å²) in [5.41, 5.74) is -1.53. The zero-order valence-electron chi connectivity index (χ0n) is 14.0. The van der Waals surface area contributed by atoms with Crippen molar-refractivity contribution in [2.24, 2.45) is 0 Å². The van der Waals surface area contributed by atoms with E-state index in [2.05, 4.69) is 5.32 Å². The van der Waals surface area contributed by atoms with Crippen LogP contribution in [0.2, 0.25) is 0 Å². The molecule has 9 nitrogen and oxygen atoms in total. The first-order valence-corrected chi connectivity index (χ1v) is 8.06. The summed E-state index contributed by atoms with van der Waals surface area (Å²) in [6.07, 6.45) is -0.319. The Morgan fingerprint density at radius 2 is 2.12 bits per heavy atom. The van der Waals surface area contributed by atoms with Gasteiger partial charge in [0.15, 0.2) is 6.21 Å². The molecule has 3 atom stereocenters. The van der Waals surface area contributed by atoms with Crippen LogP contribution < -0.4 is 5.32 Å². The smallest absolute Gasteiger partial charge is 0.407 e. The molecule has 1 saturated heterocycles. The van der Waals surface area contributed by atoms with Gasteiger partial charge >= 0.3 is 23.6 Å². The molecule has 3 rings (SSSR count). The second-order valence-corrected chi connectivity index (χ2v) is 6.00. The number of benzene rings is 1. The Bertz CT molecular complexity index is 749. The number of nitrogens with one attached hydrogen (secondary N) is 1. The monoisotopic (exact) mass is 362 g/mol. The summed E-state index contributed by atoms with van der Waals surface area (Å²) in [6.45, 7) is -0.141. The number of rotatable bonds is 5. The fraction of sp³-hybridized carbons (Fsp3) is 0.412. The van der Waals surface area contributed by atoms with Crippen molar-refractivity contribution >= 4 is 24.2 Å². The minimum absolute atomic E-state index is 0.0856. The van der Waals surface area contributed by atoms with E-state index in [1.165, 1.54) is 6.21 Å². The lowest BCUT2D eigenvalue weighted by Gasteiger charge is -2.34. The van der Waals surface area contributed by atoms with Gasteiger partial charge in [-0.15, -0.1) is 0 Å². The Labute approximate surface area is 149 Å². The summed E-state index contributed by atoms with van der Waals surface area (Å²) in [7, 11) is 1.15. The molecular weight excluding hydrogens is 344 g/mol. The highest BCUT2D eigenvalue weighted by atomic mass is 16.6. The van der Waals surface area contributed by atoms with Gasteiger partial charge in [0.25, 0.3) is 0 Å². The number of hydrogen-bond donors (Lipinski definition) is 1. The lowest BCUT2D eigenvalue weighted by Crippen LogP contribution is -2.63. The van der Waals surface area contributed by atoms with Crippen LogP contribution >= 0.6 is 0 Å². The van der Waals surface area contributed by atoms with Crippen molar-refractivity contribution in [1.29, 1.82) is 0 Å². The SMILES string of the molecule is COC(=O)[C@]1([C@@H](OC(=O)c2ccccc2)C2COC(=O)N2)CCC=[N+]1[O-]. The Kier molecular flexibility index (Phi) is 4.79. The summed E-state index contributed by atoms with van der Waals surface area (Å²) in [5.74, 6) is -1.56. The minimum atomic E-state index is -1.79. The third kappa shape index (κ3) is 2.96. The van der Waals surface area contributed by atoms with Gasteiger partial charge in [0.1, 0.15) is 12.6 Å². The molecule has 0 spiro atoms. The number of alkyl carbamates (subject to hydrolysis) is 1.